The third-order valence-corrected chi connectivity index (χ3v) is 5.82. The minimum atomic E-state index is 0.642. The van der Waals surface area contributed by atoms with Gasteiger partial charge in [-0.3, -0.25) is 0 Å². The Labute approximate surface area is 169 Å². The maximum absolute atomic E-state index is 5.49. The number of nitrogens with zero attached hydrogens (tertiary/aromatic N) is 2. The molecule has 0 aliphatic rings. The van der Waals surface area contributed by atoms with E-state index in [1.165, 1.54) is 23.3 Å². The van der Waals surface area contributed by atoms with E-state index < -0.39 is 0 Å². The molecule has 0 aliphatic carbocycles. The number of aromatic nitrogens is 2. The van der Waals surface area contributed by atoms with Crippen LogP contribution in [0.2, 0.25) is 0 Å². The lowest BCUT2D eigenvalue weighted by Gasteiger charge is -2.04. The van der Waals surface area contributed by atoms with Crippen molar-refractivity contribution in [1.82, 2.24) is 10.2 Å². The van der Waals surface area contributed by atoms with E-state index in [2.05, 4.69) is 51.8 Å². The summed E-state index contributed by atoms with van der Waals surface area (Å²) in [7, 11) is 0. The summed E-state index contributed by atoms with van der Waals surface area (Å²) < 4.78 is 4.16. The molecule has 0 aliphatic heterocycles. The standard InChI is InChI=1S/C17H20N4S3.C2H6/c1-3-5-6-13(4-2)14-7-9-15(10-8-14)24-21-16-19-20-17(23-16)22-12-11-18;1-2/h3-10H,2,11-12,18H2,1H3,(H,19,21);1-2H3/b5-3-,13-6+;. The maximum Gasteiger partial charge on any atom is 0.216 e. The molecule has 0 saturated carbocycles. The Morgan fingerprint density at radius 1 is 1.27 bits per heavy atom. The molecule has 0 radical (unpaired) electrons. The average molecular weight is 407 g/mol. The second-order valence-electron chi connectivity index (χ2n) is 4.59. The maximum atomic E-state index is 5.49. The summed E-state index contributed by atoms with van der Waals surface area (Å²) in [6, 6.07) is 8.32. The molecule has 0 bridgehead atoms. The Kier molecular flexibility index (Phi) is 11.8. The van der Waals surface area contributed by atoms with Crippen LogP contribution in [0.15, 0.2) is 64.4 Å². The van der Waals surface area contributed by atoms with Gasteiger partial charge in [0.1, 0.15) is 0 Å². The summed E-state index contributed by atoms with van der Waals surface area (Å²) in [4.78, 5) is 1.11. The summed E-state index contributed by atoms with van der Waals surface area (Å²) in [6.45, 7) is 10.5. The molecular formula is C19H26N4S3. The first-order chi connectivity index (χ1) is 12.8. The van der Waals surface area contributed by atoms with E-state index in [-0.39, 0.29) is 0 Å². The smallest absolute Gasteiger partial charge is 0.216 e. The van der Waals surface area contributed by atoms with Crippen molar-refractivity contribution in [2.24, 2.45) is 5.73 Å². The molecule has 0 amide bonds. The SMILES string of the molecule is C=C/C(=C\C=C/C)c1ccc(SNc2nnc(SCCN)s2)cc1.CC. The molecule has 0 unspecified atom stereocenters. The zero-order valence-electron chi connectivity index (χ0n) is 15.4. The van der Waals surface area contributed by atoms with E-state index >= 15 is 0 Å². The number of hydrogen-bond acceptors (Lipinski definition) is 7. The fraction of sp³-hybridized carbons (Fsp3) is 0.263. The van der Waals surface area contributed by atoms with Crippen LogP contribution in [0.1, 0.15) is 26.3 Å². The van der Waals surface area contributed by atoms with Crippen LogP contribution in [0.3, 0.4) is 0 Å². The summed E-state index contributed by atoms with van der Waals surface area (Å²) in [5, 5.41) is 9.03. The number of rotatable bonds is 9. The molecule has 26 heavy (non-hydrogen) atoms. The zero-order valence-corrected chi connectivity index (χ0v) is 17.9. The van der Waals surface area contributed by atoms with E-state index in [4.69, 9.17) is 5.73 Å². The van der Waals surface area contributed by atoms with Crippen molar-refractivity contribution in [1.29, 1.82) is 0 Å². The molecule has 0 atom stereocenters. The highest BCUT2D eigenvalue weighted by molar-refractivity contribution is 8.01. The number of allylic oxidation sites excluding steroid dienone is 5. The van der Waals surface area contributed by atoms with Crippen molar-refractivity contribution in [2.75, 3.05) is 17.0 Å². The summed E-state index contributed by atoms with van der Waals surface area (Å²) in [6.07, 6.45) is 7.92. The normalized spacial score (nSPS) is 11.2. The molecule has 2 aromatic rings. The topological polar surface area (TPSA) is 63.8 Å². The van der Waals surface area contributed by atoms with Gasteiger partial charge in [0.05, 0.1) is 0 Å². The first-order valence-electron chi connectivity index (χ1n) is 8.42. The van der Waals surface area contributed by atoms with E-state index in [9.17, 15) is 0 Å². The van der Waals surface area contributed by atoms with Crippen LogP contribution >= 0.6 is 35.0 Å². The molecule has 1 heterocycles. The third kappa shape index (κ3) is 7.78. The third-order valence-electron chi connectivity index (χ3n) is 2.88. The Morgan fingerprint density at radius 2 is 2.00 bits per heavy atom. The zero-order chi connectivity index (χ0) is 19.2. The summed E-state index contributed by atoms with van der Waals surface area (Å²) in [5.74, 6) is 0.857. The molecule has 7 heteroatoms. The van der Waals surface area contributed by atoms with Crippen molar-refractivity contribution < 1.29 is 0 Å². The van der Waals surface area contributed by atoms with Crippen molar-refractivity contribution in [3.05, 3.63) is 60.7 Å². The quantitative estimate of drug-likeness (QED) is 0.308. The Balaban J connectivity index is 0.00000163. The van der Waals surface area contributed by atoms with E-state index in [1.807, 2.05) is 39.0 Å². The number of nitrogens with one attached hydrogen (secondary N) is 1. The van der Waals surface area contributed by atoms with E-state index in [0.717, 1.165) is 31.3 Å². The highest BCUT2D eigenvalue weighted by Crippen LogP contribution is 2.29. The molecule has 1 aromatic heterocycles. The van der Waals surface area contributed by atoms with Crippen molar-refractivity contribution in [3.63, 3.8) is 0 Å². The Bertz CT molecular complexity index is 706. The van der Waals surface area contributed by atoms with Gasteiger partial charge in [-0.1, -0.05) is 80.0 Å². The second-order valence-corrected chi connectivity index (χ2v) is 7.79. The number of nitrogens with two attached hydrogens (primary N) is 1. The predicted molar refractivity (Wildman–Crippen MR) is 120 cm³/mol. The summed E-state index contributed by atoms with van der Waals surface area (Å²) in [5.41, 5.74) is 7.73. The van der Waals surface area contributed by atoms with Gasteiger partial charge in [-0.05, 0) is 42.1 Å². The monoisotopic (exact) mass is 406 g/mol. The molecule has 140 valence electrons. The van der Waals surface area contributed by atoms with Crippen LogP contribution in [0.5, 0.6) is 0 Å². The Hall–Kier alpha value is -1.54. The van der Waals surface area contributed by atoms with Crippen molar-refractivity contribution in [3.8, 4) is 0 Å². The summed E-state index contributed by atoms with van der Waals surface area (Å²) >= 11 is 4.68. The molecular weight excluding hydrogens is 380 g/mol. The molecule has 0 spiro atoms. The molecule has 1 aromatic carbocycles. The molecule has 0 fully saturated rings. The molecule has 0 saturated heterocycles. The van der Waals surface area contributed by atoms with Gasteiger partial charge in [0.25, 0.3) is 0 Å². The fourth-order valence-corrected chi connectivity index (χ4v) is 4.01. The van der Waals surface area contributed by atoms with Gasteiger partial charge in [0.15, 0.2) is 4.34 Å². The predicted octanol–water partition coefficient (Wildman–Crippen LogP) is 5.88. The fourth-order valence-electron chi connectivity index (χ4n) is 1.76. The van der Waals surface area contributed by atoms with Gasteiger partial charge in [0, 0.05) is 17.2 Å². The van der Waals surface area contributed by atoms with Crippen LogP contribution < -0.4 is 10.5 Å². The van der Waals surface area contributed by atoms with Gasteiger partial charge in [-0.2, -0.15) is 0 Å². The number of benzene rings is 1. The van der Waals surface area contributed by atoms with Crippen molar-refractivity contribution in [2.45, 2.75) is 30.0 Å². The first kappa shape index (κ1) is 22.5. The molecule has 2 rings (SSSR count). The van der Waals surface area contributed by atoms with Gasteiger partial charge >= 0.3 is 0 Å². The van der Waals surface area contributed by atoms with E-state index in [0.29, 0.717) is 6.54 Å². The highest BCUT2D eigenvalue weighted by Gasteiger charge is 2.05. The highest BCUT2D eigenvalue weighted by atomic mass is 32.2. The minimum Gasteiger partial charge on any atom is -0.330 e. The van der Waals surface area contributed by atoms with Gasteiger partial charge in [0.2, 0.25) is 5.13 Å². The van der Waals surface area contributed by atoms with Crippen LogP contribution in [0.25, 0.3) is 5.57 Å². The van der Waals surface area contributed by atoms with Crippen LogP contribution in [0, 0.1) is 0 Å². The van der Waals surface area contributed by atoms with Gasteiger partial charge < -0.3 is 10.5 Å². The average Bonchev–Trinajstić information content (AvgIpc) is 3.15. The van der Waals surface area contributed by atoms with Crippen LogP contribution in [0.4, 0.5) is 5.13 Å². The molecule has 3 N–H and O–H groups in total. The lowest BCUT2D eigenvalue weighted by molar-refractivity contribution is 1.01. The second kappa shape index (κ2) is 13.6. The van der Waals surface area contributed by atoms with Crippen molar-refractivity contribution >= 4 is 45.8 Å². The van der Waals surface area contributed by atoms with Gasteiger partial charge in [-0.25, -0.2) is 0 Å². The minimum absolute atomic E-state index is 0.642. The van der Waals surface area contributed by atoms with Gasteiger partial charge in [-0.15, -0.1) is 10.2 Å². The molecule has 4 nitrogen and oxygen atoms in total. The largest absolute Gasteiger partial charge is 0.330 e. The first-order valence-corrected chi connectivity index (χ1v) is 11.0. The van der Waals surface area contributed by atoms with Crippen LogP contribution in [-0.2, 0) is 0 Å². The number of anilines is 1. The Morgan fingerprint density at radius 3 is 2.62 bits per heavy atom. The number of hydrogen-bond donors (Lipinski definition) is 2. The van der Waals surface area contributed by atoms with E-state index in [1.54, 1.807) is 11.8 Å². The lowest BCUT2D eigenvalue weighted by Crippen LogP contribution is -2.00. The lowest BCUT2D eigenvalue weighted by atomic mass is 10.1. The number of thioether (sulfide) groups is 1. The van der Waals surface area contributed by atoms with Crippen LogP contribution in [-0.4, -0.2) is 22.5 Å².